The van der Waals surface area contributed by atoms with E-state index in [9.17, 15) is 0 Å². The van der Waals surface area contributed by atoms with Crippen LogP contribution in [0.1, 0.15) is 124 Å². The van der Waals surface area contributed by atoms with E-state index in [1.807, 2.05) is 0 Å². The second kappa shape index (κ2) is 24.2. The number of hydrogen-bond donors (Lipinski definition) is 1. The number of hydrogen-bond acceptors (Lipinski definition) is 2. The van der Waals surface area contributed by atoms with Crippen molar-refractivity contribution in [1.82, 2.24) is 0 Å². The van der Waals surface area contributed by atoms with Gasteiger partial charge in [-0.2, -0.15) is 0 Å². The number of allylic oxidation sites excluding steroid dienone is 2. The predicted molar refractivity (Wildman–Crippen MR) is 117 cm³/mol. The first kappa shape index (κ1) is 27.5. The summed E-state index contributed by atoms with van der Waals surface area (Å²) in [6.07, 6.45) is 22.2. The van der Waals surface area contributed by atoms with Gasteiger partial charge in [-0.3, -0.25) is 0 Å². The Morgan fingerprint density at radius 1 is 0.577 bits per heavy atom. The summed E-state index contributed by atoms with van der Waals surface area (Å²) in [4.78, 5) is 0. The Hall–Kier alpha value is -0.760. The van der Waals surface area contributed by atoms with Crippen LogP contribution in [0.5, 0.6) is 0 Å². The second-order valence-electron chi connectivity index (χ2n) is 7.53. The minimum absolute atomic E-state index is 0.373. The Bertz CT molecular complexity index is 269. The standard InChI is InChI=1S/C18H38O.C6H10O/c1-2-3-4-5-6-7-8-9-10-11-12-13-14-15-16-17-18-19;1-5(2)7-6(3)4/h19H,2-18H2,1H3;1,3H2,2,4H3. The second-order valence-corrected chi connectivity index (χ2v) is 7.53. The van der Waals surface area contributed by atoms with Crippen molar-refractivity contribution in [3.8, 4) is 0 Å². The molecule has 0 aliphatic carbocycles. The first-order valence-electron chi connectivity index (χ1n) is 11.1. The molecule has 0 unspecified atom stereocenters. The van der Waals surface area contributed by atoms with Gasteiger partial charge in [-0.15, -0.1) is 0 Å². The Kier molecular flexibility index (Phi) is 25.6. The number of aliphatic hydroxyl groups is 1. The maximum Gasteiger partial charge on any atom is 0.0933 e. The SMILES string of the molecule is C=C(C)OC(=C)C.CCCCCCCCCCCCCCCCCCO. The lowest BCUT2D eigenvalue weighted by molar-refractivity contribution is 0.282. The van der Waals surface area contributed by atoms with Gasteiger partial charge in [0.15, 0.2) is 0 Å². The summed E-state index contributed by atoms with van der Waals surface area (Å²) in [6, 6.07) is 0. The predicted octanol–water partition coefficient (Wildman–Crippen LogP) is 8.31. The molecule has 2 heteroatoms. The van der Waals surface area contributed by atoms with Crippen LogP contribution in [0.2, 0.25) is 0 Å². The quantitative estimate of drug-likeness (QED) is 0.195. The molecular weight excluding hydrogens is 320 g/mol. The third kappa shape index (κ3) is 31.1. The van der Waals surface area contributed by atoms with E-state index in [-0.39, 0.29) is 0 Å². The van der Waals surface area contributed by atoms with E-state index >= 15 is 0 Å². The van der Waals surface area contributed by atoms with Gasteiger partial charge < -0.3 is 9.84 Å². The van der Waals surface area contributed by atoms with E-state index in [2.05, 4.69) is 20.1 Å². The van der Waals surface area contributed by atoms with E-state index in [4.69, 9.17) is 9.84 Å². The number of unbranched alkanes of at least 4 members (excludes halogenated alkanes) is 15. The molecule has 0 atom stereocenters. The van der Waals surface area contributed by atoms with E-state index in [1.54, 1.807) is 13.8 Å². The molecule has 0 aliphatic heterocycles. The molecule has 0 radical (unpaired) electrons. The number of rotatable bonds is 18. The van der Waals surface area contributed by atoms with Crippen LogP contribution in [0.15, 0.2) is 24.7 Å². The minimum atomic E-state index is 0.373. The van der Waals surface area contributed by atoms with Crippen LogP contribution in [0.25, 0.3) is 0 Å². The van der Waals surface area contributed by atoms with Crippen LogP contribution in [0, 0.1) is 0 Å². The fourth-order valence-corrected chi connectivity index (χ4v) is 2.96. The number of aliphatic hydroxyl groups excluding tert-OH is 1. The van der Waals surface area contributed by atoms with Gasteiger partial charge in [0.1, 0.15) is 0 Å². The molecule has 0 aromatic heterocycles. The molecule has 0 rings (SSSR count). The van der Waals surface area contributed by atoms with Crippen molar-refractivity contribution in [1.29, 1.82) is 0 Å². The van der Waals surface area contributed by atoms with Crippen molar-refractivity contribution < 1.29 is 9.84 Å². The summed E-state index contributed by atoms with van der Waals surface area (Å²) in [5, 5.41) is 8.67. The van der Waals surface area contributed by atoms with E-state index in [0.717, 1.165) is 6.42 Å². The smallest absolute Gasteiger partial charge is 0.0933 e. The van der Waals surface area contributed by atoms with Gasteiger partial charge in [0.2, 0.25) is 0 Å². The topological polar surface area (TPSA) is 29.5 Å². The molecule has 0 amide bonds. The maximum atomic E-state index is 8.67. The van der Waals surface area contributed by atoms with Crippen LogP contribution in [0.4, 0.5) is 0 Å². The molecule has 0 fully saturated rings. The molecular formula is C24H48O2. The molecule has 156 valence electrons. The Morgan fingerprint density at radius 2 is 0.846 bits per heavy atom. The summed E-state index contributed by atoms with van der Waals surface area (Å²) in [6.45, 7) is 13.3. The molecule has 0 heterocycles. The Labute approximate surface area is 165 Å². The van der Waals surface area contributed by atoms with Crippen LogP contribution < -0.4 is 0 Å². The molecule has 0 aromatic rings. The molecule has 0 spiro atoms. The number of ether oxygens (including phenoxy) is 1. The van der Waals surface area contributed by atoms with Gasteiger partial charge in [-0.25, -0.2) is 0 Å². The van der Waals surface area contributed by atoms with Crippen molar-refractivity contribution in [2.24, 2.45) is 0 Å². The summed E-state index contributed by atoms with van der Waals surface area (Å²) >= 11 is 0. The highest BCUT2D eigenvalue weighted by Crippen LogP contribution is 2.13. The summed E-state index contributed by atoms with van der Waals surface area (Å²) < 4.78 is 4.86. The van der Waals surface area contributed by atoms with E-state index in [0.29, 0.717) is 18.1 Å². The normalized spacial score (nSPS) is 10.2. The van der Waals surface area contributed by atoms with Gasteiger partial charge >= 0.3 is 0 Å². The maximum absolute atomic E-state index is 8.67. The van der Waals surface area contributed by atoms with Crippen LogP contribution in [-0.2, 0) is 4.74 Å². The molecule has 0 saturated heterocycles. The van der Waals surface area contributed by atoms with Gasteiger partial charge in [-0.05, 0) is 20.3 Å². The van der Waals surface area contributed by atoms with Gasteiger partial charge in [0, 0.05) is 6.61 Å². The highest BCUT2D eigenvalue weighted by Gasteiger charge is 1.94. The molecule has 0 saturated carbocycles. The van der Waals surface area contributed by atoms with E-state index < -0.39 is 0 Å². The van der Waals surface area contributed by atoms with Crippen molar-refractivity contribution in [3.63, 3.8) is 0 Å². The highest BCUT2D eigenvalue weighted by atomic mass is 16.5. The third-order valence-corrected chi connectivity index (χ3v) is 4.36. The summed E-state index contributed by atoms with van der Waals surface area (Å²) in [5.41, 5.74) is 0. The van der Waals surface area contributed by atoms with Crippen molar-refractivity contribution >= 4 is 0 Å². The molecule has 2 nitrogen and oxygen atoms in total. The van der Waals surface area contributed by atoms with Crippen molar-refractivity contribution in [2.75, 3.05) is 6.61 Å². The zero-order chi connectivity index (χ0) is 19.9. The van der Waals surface area contributed by atoms with E-state index in [1.165, 1.54) is 96.3 Å². The molecule has 26 heavy (non-hydrogen) atoms. The van der Waals surface area contributed by atoms with Gasteiger partial charge in [0.25, 0.3) is 0 Å². The molecule has 1 N–H and O–H groups in total. The zero-order valence-corrected chi connectivity index (χ0v) is 18.3. The molecule has 0 bridgehead atoms. The lowest BCUT2D eigenvalue weighted by Crippen LogP contribution is -1.85. The first-order chi connectivity index (χ1) is 12.5. The molecule has 0 aromatic carbocycles. The summed E-state index contributed by atoms with van der Waals surface area (Å²) in [5.74, 6) is 1.38. The molecule has 0 aliphatic rings. The highest BCUT2D eigenvalue weighted by molar-refractivity contribution is 4.85. The zero-order valence-electron chi connectivity index (χ0n) is 18.3. The van der Waals surface area contributed by atoms with Crippen LogP contribution in [-0.4, -0.2) is 11.7 Å². The Balaban J connectivity index is 0. The average Bonchev–Trinajstić information content (AvgIpc) is 2.58. The fourth-order valence-electron chi connectivity index (χ4n) is 2.96. The first-order valence-corrected chi connectivity index (χ1v) is 11.1. The third-order valence-electron chi connectivity index (χ3n) is 4.36. The van der Waals surface area contributed by atoms with Crippen LogP contribution in [0.3, 0.4) is 0 Å². The lowest BCUT2D eigenvalue weighted by atomic mass is 10.0. The van der Waals surface area contributed by atoms with Crippen molar-refractivity contribution in [2.45, 2.75) is 124 Å². The van der Waals surface area contributed by atoms with Crippen LogP contribution >= 0.6 is 0 Å². The monoisotopic (exact) mass is 368 g/mol. The largest absolute Gasteiger partial charge is 0.468 e. The average molecular weight is 369 g/mol. The Morgan fingerprint density at radius 3 is 1.04 bits per heavy atom. The van der Waals surface area contributed by atoms with Crippen molar-refractivity contribution in [3.05, 3.63) is 24.7 Å². The summed E-state index contributed by atoms with van der Waals surface area (Å²) in [7, 11) is 0. The minimum Gasteiger partial charge on any atom is -0.468 e. The lowest BCUT2D eigenvalue weighted by Gasteiger charge is -2.03. The fraction of sp³-hybridized carbons (Fsp3) is 0.833. The van der Waals surface area contributed by atoms with Gasteiger partial charge in [-0.1, -0.05) is 116 Å². The van der Waals surface area contributed by atoms with Gasteiger partial charge in [0.05, 0.1) is 11.5 Å².